The summed E-state index contributed by atoms with van der Waals surface area (Å²) in [5.41, 5.74) is 2.52. The summed E-state index contributed by atoms with van der Waals surface area (Å²) in [6, 6.07) is 9.81. The first-order valence-corrected chi connectivity index (χ1v) is 6.78. The van der Waals surface area contributed by atoms with Gasteiger partial charge >= 0.3 is 5.97 Å². The Kier molecular flexibility index (Phi) is 4.56. The summed E-state index contributed by atoms with van der Waals surface area (Å²) in [7, 11) is 0. The minimum Gasteiger partial charge on any atom is -0.466 e. The van der Waals surface area contributed by atoms with Crippen LogP contribution in [0.1, 0.15) is 31.7 Å². The van der Waals surface area contributed by atoms with Crippen molar-refractivity contribution in [3.8, 4) is 0 Å². The molecule has 0 heterocycles. The van der Waals surface area contributed by atoms with E-state index in [1.54, 1.807) is 13.0 Å². The fraction of sp³-hybridized carbons (Fsp3) is 0.375. The van der Waals surface area contributed by atoms with Gasteiger partial charge in [0.1, 0.15) is 0 Å². The first-order chi connectivity index (χ1) is 9.67. The minimum absolute atomic E-state index is 0.0499. The van der Waals surface area contributed by atoms with Gasteiger partial charge in [0.15, 0.2) is 0 Å². The molecule has 2 rings (SSSR count). The zero-order valence-corrected chi connectivity index (χ0v) is 11.7. The van der Waals surface area contributed by atoms with Gasteiger partial charge < -0.3 is 9.94 Å². The van der Waals surface area contributed by atoms with Crippen molar-refractivity contribution in [3.63, 3.8) is 0 Å². The molecule has 0 aliphatic heterocycles. The van der Waals surface area contributed by atoms with Crippen LogP contribution in [0.4, 0.5) is 0 Å². The predicted octanol–water partition coefficient (Wildman–Crippen LogP) is 3.13. The molecule has 1 aromatic rings. The Labute approximate surface area is 118 Å². The number of esters is 1. The van der Waals surface area contributed by atoms with Crippen LogP contribution in [-0.4, -0.2) is 23.5 Å². The maximum atomic E-state index is 12.2. The topological polar surface area (TPSA) is 58.9 Å². The first kappa shape index (κ1) is 14.3. The molecular weight excluding hydrogens is 254 g/mol. The molecular formula is C16H19NO3. The number of hydrogen-bond donors (Lipinski definition) is 1. The van der Waals surface area contributed by atoms with E-state index < -0.39 is 0 Å². The van der Waals surface area contributed by atoms with Gasteiger partial charge in [-0.2, -0.15) is 0 Å². The molecule has 1 N–H and O–H groups in total. The van der Waals surface area contributed by atoms with E-state index in [1.165, 1.54) is 0 Å². The lowest BCUT2D eigenvalue weighted by Crippen LogP contribution is -2.30. The third-order valence-electron chi connectivity index (χ3n) is 3.61. The molecule has 0 fully saturated rings. The molecule has 1 aliphatic rings. The van der Waals surface area contributed by atoms with Gasteiger partial charge in [0, 0.05) is 12.3 Å². The van der Waals surface area contributed by atoms with Crippen LogP contribution in [0.5, 0.6) is 0 Å². The van der Waals surface area contributed by atoms with Crippen molar-refractivity contribution < 1.29 is 14.7 Å². The molecule has 20 heavy (non-hydrogen) atoms. The van der Waals surface area contributed by atoms with E-state index in [2.05, 4.69) is 5.16 Å². The normalized spacial score (nSPS) is 24.3. The number of ether oxygens (including phenoxy) is 1. The van der Waals surface area contributed by atoms with Crippen molar-refractivity contribution in [2.24, 2.45) is 11.1 Å². The molecule has 0 aromatic heterocycles. The van der Waals surface area contributed by atoms with Gasteiger partial charge in [-0.1, -0.05) is 41.1 Å². The van der Waals surface area contributed by atoms with Crippen molar-refractivity contribution in [1.29, 1.82) is 0 Å². The molecule has 4 heteroatoms. The summed E-state index contributed by atoms with van der Waals surface area (Å²) in [6.07, 6.45) is 2.29. The van der Waals surface area contributed by atoms with E-state index in [0.717, 1.165) is 11.1 Å². The Balaban J connectivity index is 2.40. The predicted molar refractivity (Wildman–Crippen MR) is 76.9 cm³/mol. The molecule has 106 valence electrons. The van der Waals surface area contributed by atoms with Crippen molar-refractivity contribution in [2.45, 2.75) is 26.2 Å². The fourth-order valence-electron chi connectivity index (χ4n) is 2.73. The highest BCUT2D eigenvalue weighted by molar-refractivity contribution is 5.98. The average molecular weight is 273 g/mol. The molecule has 2 atom stereocenters. The number of carbonyl (C=O) groups excluding carboxylic acids is 1. The highest BCUT2D eigenvalue weighted by Gasteiger charge is 2.36. The lowest BCUT2D eigenvalue weighted by Gasteiger charge is -2.30. The Morgan fingerprint density at radius 2 is 2.10 bits per heavy atom. The van der Waals surface area contributed by atoms with Crippen molar-refractivity contribution in [2.75, 3.05) is 6.61 Å². The Morgan fingerprint density at radius 3 is 2.70 bits per heavy atom. The fourth-order valence-corrected chi connectivity index (χ4v) is 2.73. The number of hydrogen-bond acceptors (Lipinski definition) is 4. The number of rotatable bonds is 3. The highest BCUT2D eigenvalue weighted by atomic mass is 16.5. The van der Waals surface area contributed by atoms with Crippen LogP contribution in [0, 0.1) is 5.92 Å². The molecule has 0 amide bonds. The van der Waals surface area contributed by atoms with Crippen LogP contribution in [0.25, 0.3) is 0 Å². The molecule has 0 radical (unpaired) electrons. The summed E-state index contributed by atoms with van der Waals surface area (Å²) in [6.45, 7) is 4.05. The van der Waals surface area contributed by atoms with Crippen molar-refractivity contribution >= 4 is 11.7 Å². The Hall–Kier alpha value is -2.10. The van der Waals surface area contributed by atoms with E-state index in [9.17, 15) is 4.79 Å². The van der Waals surface area contributed by atoms with Crippen LogP contribution in [0.3, 0.4) is 0 Å². The van der Waals surface area contributed by atoms with Gasteiger partial charge in [0.25, 0.3) is 0 Å². The number of benzene rings is 1. The summed E-state index contributed by atoms with van der Waals surface area (Å²) in [4.78, 5) is 12.2. The summed E-state index contributed by atoms with van der Waals surface area (Å²) >= 11 is 0. The van der Waals surface area contributed by atoms with E-state index in [0.29, 0.717) is 18.7 Å². The van der Waals surface area contributed by atoms with Gasteiger partial charge in [-0.3, -0.25) is 4.79 Å². The van der Waals surface area contributed by atoms with Gasteiger partial charge in [-0.05, 0) is 25.5 Å². The SMILES string of the molecule is CCOC(=O)C1C(C)=C/C(=N/O)CC1c1ccccc1. The second-order valence-corrected chi connectivity index (χ2v) is 4.93. The number of nitrogens with zero attached hydrogens (tertiary/aromatic N) is 1. The second kappa shape index (κ2) is 6.37. The second-order valence-electron chi connectivity index (χ2n) is 4.93. The number of oxime groups is 1. The van der Waals surface area contributed by atoms with Crippen LogP contribution >= 0.6 is 0 Å². The van der Waals surface area contributed by atoms with Crippen molar-refractivity contribution in [1.82, 2.24) is 0 Å². The molecule has 0 saturated carbocycles. The molecule has 0 bridgehead atoms. The molecule has 0 saturated heterocycles. The lowest BCUT2D eigenvalue weighted by molar-refractivity contribution is -0.147. The van der Waals surface area contributed by atoms with Gasteiger partial charge in [-0.15, -0.1) is 0 Å². The largest absolute Gasteiger partial charge is 0.466 e. The van der Waals surface area contributed by atoms with Gasteiger partial charge in [-0.25, -0.2) is 0 Å². The molecule has 1 aliphatic carbocycles. The standard InChI is InChI=1S/C16H19NO3/c1-3-20-16(18)15-11(2)9-13(17-19)10-14(15)12-7-5-4-6-8-12/h4-9,14-15,19H,3,10H2,1-2H3/b17-13-. The highest BCUT2D eigenvalue weighted by Crippen LogP contribution is 2.37. The van der Waals surface area contributed by atoms with Crippen LogP contribution in [-0.2, 0) is 9.53 Å². The molecule has 0 spiro atoms. The Bertz CT molecular complexity index is 534. The smallest absolute Gasteiger partial charge is 0.313 e. The maximum Gasteiger partial charge on any atom is 0.313 e. The minimum atomic E-state index is -0.317. The van der Waals surface area contributed by atoms with E-state index in [4.69, 9.17) is 9.94 Å². The third-order valence-corrected chi connectivity index (χ3v) is 3.61. The van der Waals surface area contributed by atoms with E-state index in [1.807, 2.05) is 37.3 Å². The quantitative estimate of drug-likeness (QED) is 0.523. The number of carbonyl (C=O) groups is 1. The van der Waals surface area contributed by atoms with Crippen LogP contribution < -0.4 is 0 Å². The summed E-state index contributed by atoms with van der Waals surface area (Å²) < 4.78 is 5.19. The average Bonchev–Trinajstić information content (AvgIpc) is 2.47. The monoisotopic (exact) mass is 273 g/mol. The maximum absolute atomic E-state index is 12.2. The van der Waals surface area contributed by atoms with Gasteiger partial charge in [0.05, 0.1) is 18.2 Å². The first-order valence-electron chi connectivity index (χ1n) is 6.78. The molecule has 4 nitrogen and oxygen atoms in total. The van der Waals surface area contributed by atoms with Crippen molar-refractivity contribution in [3.05, 3.63) is 47.5 Å². The van der Waals surface area contributed by atoms with E-state index >= 15 is 0 Å². The van der Waals surface area contributed by atoms with E-state index in [-0.39, 0.29) is 17.8 Å². The third kappa shape index (κ3) is 2.90. The summed E-state index contributed by atoms with van der Waals surface area (Å²) in [5.74, 6) is -0.582. The van der Waals surface area contributed by atoms with Gasteiger partial charge in [0.2, 0.25) is 0 Å². The van der Waals surface area contributed by atoms with Crippen LogP contribution in [0.2, 0.25) is 0 Å². The lowest BCUT2D eigenvalue weighted by atomic mass is 9.74. The molecule has 2 unspecified atom stereocenters. The zero-order chi connectivity index (χ0) is 14.5. The summed E-state index contributed by atoms with van der Waals surface area (Å²) in [5, 5.41) is 12.3. The Morgan fingerprint density at radius 1 is 1.40 bits per heavy atom. The zero-order valence-electron chi connectivity index (χ0n) is 11.7. The molecule has 1 aromatic carbocycles. The number of allylic oxidation sites excluding steroid dienone is 1. The van der Waals surface area contributed by atoms with Crippen LogP contribution in [0.15, 0.2) is 47.1 Å².